The van der Waals surface area contributed by atoms with Gasteiger partial charge in [-0.2, -0.15) is 0 Å². The zero-order chi connectivity index (χ0) is 45.2. The minimum absolute atomic E-state index is 0.572. The molecule has 0 N–H and O–H groups in total. The third-order valence-electron chi connectivity index (χ3n) is 14.1. The van der Waals surface area contributed by atoms with Crippen LogP contribution in [0, 0.1) is 0 Å². The summed E-state index contributed by atoms with van der Waals surface area (Å²) in [6.45, 7) is 0. The van der Waals surface area contributed by atoms with E-state index >= 15 is 0 Å². The Balaban J connectivity index is 0.999. The molecule has 320 valence electrons. The van der Waals surface area contributed by atoms with Crippen LogP contribution in [0.25, 0.3) is 143 Å². The minimum atomic E-state index is 0.572. The molecule has 0 bridgehead atoms. The first-order chi connectivity index (χ1) is 34.2. The Morgan fingerprint density at radius 3 is 1.68 bits per heavy atom. The molecule has 15 aromatic rings. The lowest BCUT2D eigenvalue weighted by Crippen LogP contribution is -2.01. The van der Waals surface area contributed by atoms with E-state index in [1.807, 2.05) is 6.07 Å². The third-order valence-corrected chi connectivity index (χ3v) is 14.1. The molecule has 0 aliphatic carbocycles. The van der Waals surface area contributed by atoms with Gasteiger partial charge in [0.2, 0.25) is 0 Å². The largest absolute Gasteiger partial charge is 0.456 e. The summed E-state index contributed by atoms with van der Waals surface area (Å²) in [5.41, 5.74) is 11.0. The number of para-hydroxylation sites is 3. The van der Waals surface area contributed by atoms with Crippen molar-refractivity contribution in [3.63, 3.8) is 0 Å². The maximum Gasteiger partial charge on any atom is 0.164 e. The summed E-state index contributed by atoms with van der Waals surface area (Å²) in [4.78, 5) is 16.3. The first kappa shape index (κ1) is 37.8. The van der Waals surface area contributed by atoms with Crippen LogP contribution in [-0.4, -0.2) is 24.1 Å². The van der Waals surface area contributed by atoms with Gasteiger partial charge in [0.15, 0.2) is 17.5 Å². The molecule has 4 heterocycles. The quantitative estimate of drug-likeness (QED) is 0.173. The predicted octanol–water partition coefficient (Wildman–Crippen LogP) is 16.4. The standard InChI is InChI=1S/C63H37N5O/c1-2-18-44(19-3-1)67-53-25-11-9-21-47(53)58-48(22-12-26-54(58)67)62-64-61(43-29-28-38-14-4-5-15-40(38)34-43)65-63(66-62)49-23-13-27-56-59(49)60-50-37-45(32-30-39(50)31-33-57(60)69-56)68-52-24-10-8-20-46(52)51-35-41-16-6-7-17-42(41)36-55(51)68/h1-37H. The van der Waals surface area contributed by atoms with Crippen molar-refractivity contribution >= 4 is 97.9 Å². The van der Waals surface area contributed by atoms with E-state index in [0.717, 1.165) is 98.9 Å². The topological polar surface area (TPSA) is 61.7 Å². The molecule has 0 amide bonds. The average molecular weight is 880 g/mol. The molecule has 69 heavy (non-hydrogen) atoms. The van der Waals surface area contributed by atoms with Gasteiger partial charge >= 0.3 is 0 Å². The van der Waals surface area contributed by atoms with Gasteiger partial charge in [-0.15, -0.1) is 0 Å². The van der Waals surface area contributed by atoms with Crippen molar-refractivity contribution in [1.29, 1.82) is 0 Å². The molecular formula is C63H37N5O. The zero-order valence-electron chi connectivity index (χ0n) is 37.0. The monoisotopic (exact) mass is 879 g/mol. The first-order valence-corrected chi connectivity index (χ1v) is 23.3. The summed E-state index contributed by atoms with van der Waals surface area (Å²) in [7, 11) is 0. The molecule has 0 atom stereocenters. The molecule has 6 heteroatoms. The number of furan rings is 1. The summed E-state index contributed by atoms with van der Waals surface area (Å²) in [6, 6.07) is 79.7. The number of aromatic nitrogens is 5. The van der Waals surface area contributed by atoms with Crippen LogP contribution in [0.2, 0.25) is 0 Å². The maximum absolute atomic E-state index is 6.79. The lowest BCUT2D eigenvalue weighted by molar-refractivity contribution is 0.669. The van der Waals surface area contributed by atoms with Crippen molar-refractivity contribution in [3.8, 4) is 45.5 Å². The number of hydrogen-bond acceptors (Lipinski definition) is 4. The Morgan fingerprint density at radius 2 is 0.870 bits per heavy atom. The van der Waals surface area contributed by atoms with Gasteiger partial charge < -0.3 is 13.6 Å². The molecule has 0 saturated heterocycles. The fraction of sp³-hybridized carbons (Fsp3) is 0. The molecular weight excluding hydrogens is 843 g/mol. The van der Waals surface area contributed by atoms with Gasteiger partial charge in [0.25, 0.3) is 0 Å². The van der Waals surface area contributed by atoms with Crippen LogP contribution in [0.5, 0.6) is 0 Å². The van der Waals surface area contributed by atoms with Gasteiger partial charge in [-0.1, -0.05) is 152 Å². The lowest BCUT2D eigenvalue weighted by atomic mass is 9.99. The van der Waals surface area contributed by atoms with Crippen LogP contribution in [0.4, 0.5) is 0 Å². The van der Waals surface area contributed by atoms with E-state index in [0.29, 0.717) is 17.5 Å². The Morgan fingerprint density at radius 1 is 0.290 bits per heavy atom. The zero-order valence-corrected chi connectivity index (χ0v) is 37.0. The van der Waals surface area contributed by atoms with Crippen LogP contribution in [0.15, 0.2) is 229 Å². The second-order valence-electron chi connectivity index (χ2n) is 17.9. The van der Waals surface area contributed by atoms with Crippen molar-refractivity contribution in [2.75, 3.05) is 0 Å². The predicted molar refractivity (Wildman–Crippen MR) is 285 cm³/mol. The fourth-order valence-corrected chi connectivity index (χ4v) is 11.0. The molecule has 15 rings (SSSR count). The fourth-order valence-electron chi connectivity index (χ4n) is 11.0. The van der Waals surface area contributed by atoms with E-state index in [2.05, 4.69) is 228 Å². The molecule has 6 nitrogen and oxygen atoms in total. The summed E-state index contributed by atoms with van der Waals surface area (Å²) in [5.74, 6) is 1.77. The Labute approximate surface area is 394 Å². The van der Waals surface area contributed by atoms with Crippen LogP contribution in [0.3, 0.4) is 0 Å². The highest BCUT2D eigenvalue weighted by molar-refractivity contribution is 6.23. The lowest BCUT2D eigenvalue weighted by Gasteiger charge is -2.12. The molecule has 0 aliphatic heterocycles. The van der Waals surface area contributed by atoms with Crippen molar-refractivity contribution in [2.45, 2.75) is 0 Å². The number of nitrogens with zero attached hydrogens (tertiary/aromatic N) is 5. The molecule has 0 saturated carbocycles. The summed E-state index contributed by atoms with van der Waals surface area (Å²) in [6.07, 6.45) is 0. The second-order valence-corrected chi connectivity index (χ2v) is 17.9. The highest BCUT2D eigenvalue weighted by Crippen LogP contribution is 2.43. The van der Waals surface area contributed by atoms with Gasteiger partial charge in [0.1, 0.15) is 11.2 Å². The number of fused-ring (bicyclic) bond motifs is 13. The van der Waals surface area contributed by atoms with Crippen molar-refractivity contribution in [3.05, 3.63) is 224 Å². The van der Waals surface area contributed by atoms with Gasteiger partial charge in [0.05, 0.1) is 22.1 Å². The Kier molecular flexibility index (Phi) is 7.97. The summed E-state index contributed by atoms with van der Waals surface area (Å²) in [5, 5.41) is 13.6. The van der Waals surface area contributed by atoms with E-state index in [9.17, 15) is 0 Å². The van der Waals surface area contributed by atoms with Crippen LogP contribution in [-0.2, 0) is 0 Å². The second kappa shape index (κ2) is 14.6. The smallest absolute Gasteiger partial charge is 0.164 e. The normalized spacial score (nSPS) is 12.1. The van der Waals surface area contributed by atoms with E-state index < -0.39 is 0 Å². The minimum Gasteiger partial charge on any atom is -0.456 e. The van der Waals surface area contributed by atoms with Gasteiger partial charge in [-0.25, -0.2) is 15.0 Å². The van der Waals surface area contributed by atoms with E-state index in [-0.39, 0.29) is 0 Å². The highest BCUT2D eigenvalue weighted by Gasteiger charge is 2.23. The van der Waals surface area contributed by atoms with Crippen LogP contribution >= 0.6 is 0 Å². The maximum atomic E-state index is 6.79. The SMILES string of the molecule is c1ccc(-n2c3ccccc3c3c(-c4nc(-c5ccc6ccccc6c5)nc(-c5cccc6oc7ccc8ccc(-n9c%10ccccc%10c%10cc%11ccccc%11cc%109)cc8c7c56)n4)cccc32)cc1. The highest BCUT2D eigenvalue weighted by atomic mass is 16.3. The van der Waals surface area contributed by atoms with Crippen molar-refractivity contribution in [2.24, 2.45) is 0 Å². The average Bonchev–Trinajstić information content (AvgIpc) is 4.08. The third kappa shape index (κ3) is 5.69. The van der Waals surface area contributed by atoms with Crippen LogP contribution < -0.4 is 0 Å². The molecule has 0 unspecified atom stereocenters. The van der Waals surface area contributed by atoms with E-state index in [1.165, 1.54) is 27.1 Å². The first-order valence-electron chi connectivity index (χ1n) is 23.3. The Bertz CT molecular complexity index is 4620. The summed E-state index contributed by atoms with van der Waals surface area (Å²) >= 11 is 0. The molecule has 0 fully saturated rings. The van der Waals surface area contributed by atoms with E-state index in [4.69, 9.17) is 19.4 Å². The molecule has 11 aromatic carbocycles. The van der Waals surface area contributed by atoms with E-state index in [1.54, 1.807) is 0 Å². The molecule has 4 aromatic heterocycles. The van der Waals surface area contributed by atoms with Crippen molar-refractivity contribution < 1.29 is 4.42 Å². The number of benzene rings is 11. The van der Waals surface area contributed by atoms with Gasteiger partial charge in [-0.3, -0.25) is 0 Å². The van der Waals surface area contributed by atoms with Gasteiger partial charge in [-0.05, 0) is 105 Å². The molecule has 0 radical (unpaired) electrons. The Hall–Kier alpha value is -9.39. The molecule has 0 spiro atoms. The van der Waals surface area contributed by atoms with Crippen LogP contribution in [0.1, 0.15) is 0 Å². The van der Waals surface area contributed by atoms with Crippen molar-refractivity contribution in [1.82, 2.24) is 24.1 Å². The van der Waals surface area contributed by atoms with Gasteiger partial charge in [0, 0.05) is 60.4 Å². The molecule has 0 aliphatic rings. The summed E-state index contributed by atoms with van der Waals surface area (Å²) < 4.78 is 11.5. The number of rotatable bonds is 5. The number of hydrogen-bond donors (Lipinski definition) is 0.